The molecule has 0 N–H and O–H groups in total. The number of allylic oxidation sites excluding steroid dienone is 4. The molecule has 1 unspecified atom stereocenters. The molecule has 0 nitrogen and oxygen atoms in total. The predicted molar refractivity (Wildman–Crippen MR) is 52.6 cm³/mol. The molecule has 0 heteroatoms. The van der Waals surface area contributed by atoms with Gasteiger partial charge in [-0.15, -0.1) is 0 Å². The van der Waals surface area contributed by atoms with Gasteiger partial charge >= 0.3 is 0 Å². The summed E-state index contributed by atoms with van der Waals surface area (Å²) in [5, 5.41) is 0. The monoisotopic (exact) mass is 152 g/mol. The Morgan fingerprint density at radius 1 is 1.45 bits per heavy atom. The summed E-state index contributed by atoms with van der Waals surface area (Å²) >= 11 is 0. The first-order valence-corrected chi connectivity index (χ1v) is 4.54. The second-order valence-electron chi connectivity index (χ2n) is 3.29. The van der Waals surface area contributed by atoms with Gasteiger partial charge in [0, 0.05) is 0 Å². The number of hydrogen-bond acceptors (Lipinski definition) is 0. The van der Waals surface area contributed by atoms with E-state index in [2.05, 4.69) is 45.9 Å². The highest BCUT2D eigenvalue weighted by molar-refractivity contribution is 5.17. The standard InChI is InChI=1S/C8H12.C3H8/c1-7-4-3-5-8(2)6-7;1-3-2/h3-5,7H,6H2,1-2H3;3H2,1-2H3. The van der Waals surface area contributed by atoms with Crippen LogP contribution in [0, 0.1) is 5.92 Å². The van der Waals surface area contributed by atoms with Gasteiger partial charge in [-0.3, -0.25) is 0 Å². The van der Waals surface area contributed by atoms with Crippen LogP contribution in [-0.4, -0.2) is 0 Å². The average Bonchev–Trinajstić information content (AvgIpc) is 1.88. The second-order valence-corrected chi connectivity index (χ2v) is 3.29. The third kappa shape index (κ3) is 5.90. The van der Waals surface area contributed by atoms with Gasteiger partial charge in [-0.25, -0.2) is 0 Å². The molecule has 0 aliphatic heterocycles. The van der Waals surface area contributed by atoms with Crippen molar-refractivity contribution in [3.05, 3.63) is 23.8 Å². The van der Waals surface area contributed by atoms with Gasteiger partial charge in [-0.2, -0.15) is 0 Å². The fraction of sp³-hybridized carbons (Fsp3) is 0.636. The maximum atomic E-state index is 2.24. The quantitative estimate of drug-likeness (QED) is 0.493. The SMILES string of the molecule is CC1=CC=CC(C)C1.CCC. The lowest BCUT2D eigenvalue weighted by molar-refractivity contribution is 0.707. The Labute approximate surface area is 71.0 Å². The smallest absolute Gasteiger partial charge is 0.0222 e. The normalized spacial score (nSPS) is 21.8. The summed E-state index contributed by atoms with van der Waals surface area (Å²) in [6.07, 6.45) is 9.06. The molecule has 0 saturated carbocycles. The molecule has 0 heterocycles. The highest BCUT2D eigenvalue weighted by Gasteiger charge is 1.99. The zero-order valence-electron chi connectivity index (χ0n) is 8.22. The summed E-state index contributed by atoms with van der Waals surface area (Å²) in [7, 11) is 0. The van der Waals surface area contributed by atoms with Crippen LogP contribution in [0.1, 0.15) is 40.5 Å². The molecule has 0 fully saturated rings. The number of hydrogen-bond donors (Lipinski definition) is 0. The summed E-state index contributed by atoms with van der Waals surface area (Å²) in [5.41, 5.74) is 1.50. The van der Waals surface area contributed by atoms with E-state index in [1.165, 1.54) is 18.4 Å². The first-order valence-electron chi connectivity index (χ1n) is 4.54. The van der Waals surface area contributed by atoms with Crippen molar-refractivity contribution >= 4 is 0 Å². The van der Waals surface area contributed by atoms with Crippen LogP contribution in [0.2, 0.25) is 0 Å². The minimum absolute atomic E-state index is 0.764. The molecule has 0 saturated heterocycles. The Morgan fingerprint density at radius 2 is 2.00 bits per heavy atom. The molecule has 0 aromatic heterocycles. The highest BCUT2D eigenvalue weighted by atomic mass is 14.1. The maximum Gasteiger partial charge on any atom is -0.0222 e. The molecular formula is C11H20. The minimum Gasteiger partial charge on any atom is -0.0814 e. The zero-order valence-corrected chi connectivity index (χ0v) is 8.22. The van der Waals surface area contributed by atoms with Crippen molar-refractivity contribution in [2.45, 2.75) is 40.5 Å². The van der Waals surface area contributed by atoms with Crippen molar-refractivity contribution in [1.82, 2.24) is 0 Å². The van der Waals surface area contributed by atoms with E-state index in [-0.39, 0.29) is 0 Å². The summed E-state index contributed by atoms with van der Waals surface area (Å²) < 4.78 is 0. The van der Waals surface area contributed by atoms with Crippen LogP contribution in [0.15, 0.2) is 23.8 Å². The van der Waals surface area contributed by atoms with Gasteiger partial charge in [0.05, 0.1) is 0 Å². The van der Waals surface area contributed by atoms with E-state index in [0.717, 1.165) is 5.92 Å². The van der Waals surface area contributed by atoms with Crippen LogP contribution in [0.4, 0.5) is 0 Å². The Morgan fingerprint density at radius 3 is 2.27 bits per heavy atom. The van der Waals surface area contributed by atoms with Gasteiger partial charge in [0.1, 0.15) is 0 Å². The lowest BCUT2D eigenvalue weighted by Gasteiger charge is -2.08. The third-order valence-electron chi connectivity index (χ3n) is 1.46. The van der Waals surface area contributed by atoms with Crippen molar-refractivity contribution < 1.29 is 0 Å². The van der Waals surface area contributed by atoms with Crippen molar-refractivity contribution in [3.63, 3.8) is 0 Å². The Hall–Kier alpha value is -0.520. The molecule has 1 aliphatic rings. The molecule has 1 rings (SSSR count). The molecular weight excluding hydrogens is 132 g/mol. The lowest BCUT2D eigenvalue weighted by atomic mass is 9.97. The lowest BCUT2D eigenvalue weighted by Crippen LogP contribution is -1.93. The van der Waals surface area contributed by atoms with E-state index in [4.69, 9.17) is 0 Å². The Kier molecular flexibility index (Phi) is 5.91. The zero-order chi connectivity index (χ0) is 8.69. The van der Waals surface area contributed by atoms with Crippen LogP contribution < -0.4 is 0 Å². The summed E-state index contributed by atoms with van der Waals surface area (Å²) in [6, 6.07) is 0. The fourth-order valence-electron chi connectivity index (χ4n) is 1.05. The van der Waals surface area contributed by atoms with Crippen molar-refractivity contribution in [1.29, 1.82) is 0 Å². The van der Waals surface area contributed by atoms with Gasteiger partial charge in [-0.1, -0.05) is 51.0 Å². The molecule has 0 bridgehead atoms. The van der Waals surface area contributed by atoms with E-state index in [1.54, 1.807) is 0 Å². The molecule has 0 aromatic carbocycles. The van der Waals surface area contributed by atoms with Gasteiger partial charge in [0.15, 0.2) is 0 Å². The molecule has 0 amide bonds. The van der Waals surface area contributed by atoms with Gasteiger partial charge in [0.2, 0.25) is 0 Å². The first kappa shape index (κ1) is 10.5. The van der Waals surface area contributed by atoms with Crippen LogP contribution in [-0.2, 0) is 0 Å². The highest BCUT2D eigenvalue weighted by Crippen LogP contribution is 2.16. The summed E-state index contributed by atoms with van der Waals surface area (Å²) in [5.74, 6) is 0.764. The third-order valence-corrected chi connectivity index (χ3v) is 1.46. The largest absolute Gasteiger partial charge is 0.0814 e. The topological polar surface area (TPSA) is 0 Å². The van der Waals surface area contributed by atoms with E-state index < -0.39 is 0 Å². The first-order chi connectivity index (χ1) is 5.20. The van der Waals surface area contributed by atoms with Crippen LogP contribution >= 0.6 is 0 Å². The van der Waals surface area contributed by atoms with Crippen molar-refractivity contribution in [2.75, 3.05) is 0 Å². The van der Waals surface area contributed by atoms with Gasteiger partial charge in [0.25, 0.3) is 0 Å². The van der Waals surface area contributed by atoms with Crippen LogP contribution in [0.5, 0.6) is 0 Å². The predicted octanol–water partition coefficient (Wildman–Crippen LogP) is 3.95. The van der Waals surface area contributed by atoms with Gasteiger partial charge in [-0.05, 0) is 19.3 Å². The molecule has 0 radical (unpaired) electrons. The summed E-state index contributed by atoms with van der Waals surface area (Å²) in [6.45, 7) is 8.67. The summed E-state index contributed by atoms with van der Waals surface area (Å²) in [4.78, 5) is 0. The maximum absolute atomic E-state index is 2.24. The molecule has 64 valence electrons. The van der Waals surface area contributed by atoms with E-state index in [9.17, 15) is 0 Å². The Bertz CT molecular complexity index is 140. The van der Waals surface area contributed by atoms with E-state index in [0.29, 0.717) is 0 Å². The Balaban J connectivity index is 0.000000292. The van der Waals surface area contributed by atoms with Crippen molar-refractivity contribution in [3.8, 4) is 0 Å². The fourth-order valence-corrected chi connectivity index (χ4v) is 1.05. The number of rotatable bonds is 0. The average molecular weight is 152 g/mol. The minimum atomic E-state index is 0.764. The van der Waals surface area contributed by atoms with E-state index in [1.807, 2.05) is 0 Å². The van der Waals surface area contributed by atoms with Crippen LogP contribution in [0.25, 0.3) is 0 Å². The van der Waals surface area contributed by atoms with Crippen molar-refractivity contribution in [2.24, 2.45) is 5.92 Å². The van der Waals surface area contributed by atoms with Crippen LogP contribution in [0.3, 0.4) is 0 Å². The molecule has 1 aliphatic carbocycles. The van der Waals surface area contributed by atoms with Gasteiger partial charge < -0.3 is 0 Å². The second kappa shape index (κ2) is 6.21. The van der Waals surface area contributed by atoms with E-state index >= 15 is 0 Å². The molecule has 11 heavy (non-hydrogen) atoms. The molecule has 0 spiro atoms. The molecule has 1 atom stereocenters. The molecule has 0 aromatic rings.